The van der Waals surface area contributed by atoms with Gasteiger partial charge in [-0.2, -0.15) is 0 Å². The molecule has 7 rings (SSSR count). The van der Waals surface area contributed by atoms with Crippen molar-refractivity contribution in [1.29, 1.82) is 0 Å². The quantitative estimate of drug-likeness (QED) is 0.0636. The molecule has 4 aromatic carbocycles. The summed E-state index contributed by atoms with van der Waals surface area (Å²) in [4.78, 5) is 102. The van der Waals surface area contributed by atoms with Crippen molar-refractivity contribution in [2.24, 2.45) is 5.73 Å². The van der Waals surface area contributed by atoms with Gasteiger partial charge < -0.3 is 47.2 Å². The van der Waals surface area contributed by atoms with Crippen LogP contribution >= 0.6 is 0 Å². The van der Waals surface area contributed by atoms with E-state index in [-0.39, 0.29) is 38.1 Å². The number of primary amides is 1. The van der Waals surface area contributed by atoms with Crippen LogP contribution in [-0.2, 0) is 52.9 Å². The molecule has 6 aromatic rings. The number of carbonyl (C=O) groups excluding carboxylic acids is 7. The molecular formula is C50H51N9O7. The van der Waals surface area contributed by atoms with Gasteiger partial charge in [-0.1, -0.05) is 78.6 Å². The van der Waals surface area contributed by atoms with Gasteiger partial charge in [-0.05, 0) is 67.8 Å². The van der Waals surface area contributed by atoms with E-state index in [9.17, 15) is 33.6 Å². The molecule has 1 aliphatic heterocycles. The average Bonchev–Trinajstić information content (AvgIpc) is 3.91. The van der Waals surface area contributed by atoms with Crippen molar-refractivity contribution < 1.29 is 33.6 Å². The smallest absolute Gasteiger partial charge is 0.243 e. The van der Waals surface area contributed by atoms with Crippen molar-refractivity contribution in [3.05, 3.63) is 137 Å². The molecule has 0 saturated heterocycles. The summed E-state index contributed by atoms with van der Waals surface area (Å²) in [7, 11) is 0. The molecule has 16 nitrogen and oxygen atoms in total. The lowest BCUT2D eigenvalue weighted by atomic mass is 10.0. The van der Waals surface area contributed by atoms with Crippen LogP contribution < -0.4 is 37.2 Å². The average molecular weight is 890 g/mol. The van der Waals surface area contributed by atoms with Crippen LogP contribution in [0.1, 0.15) is 61.4 Å². The molecule has 0 bridgehead atoms. The Morgan fingerprint density at radius 1 is 0.576 bits per heavy atom. The summed E-state index contributed by atoms with van der Waals surface area (Å²) in [5, 5.41) is 15.0. The topological polar surface area (TPSA) is 240 Å². The van der Waals surface area contributed by atoms with Crippen LogP contribution in [0.3, 0.4) is 0 Å². The van der Waals surface area contributed by atoms with E-state index in [2.05, 4.69) is 48.4 Å². The number of carbonyl (C=O) groups is 7. The molecule has 66 heavy (non-hydrogen) atoms. The van der Waals surface area contributed by atoms with Crippen molar-refractivity contribution >= 4 is 68.8 Å². The zero-order chi connectivity index (χ0) is 46.9. The maximum absolute atomic E-state index is 14.1. The van der Waals surface area contributed by atoms with E-state index in [1.807, 2.05) is 97.1 Å². The first kappa shape index (κ1) is 45.8. The van der Waals surface area contributed by atoms with Gasteiger partial charge in [-0.3, -0.25) is 33.6 Å². The Bertz CT molecular complexity index is 2890. The van der Waals surface area contributed by atoms with Crippen LogP contribution in [0.25, 0.3) is 21.8 Å². The molecule has 0 unspecified atom stereocenters. The number of hydrogen-bond donors (Lipinski definition) is 8. The second-order valence-electron chi connectivity index (χ2n) is 16.3. The minimum absolute atomic E-state index is 0.00646. The first-order chi connectivity index (χ1) is 31.7. The van der Waals surface area contributed by atoms with Gasteiger partial charge in [0.2, 0.25) is 41.4 Å². The van der Waals surface area contributed by atoms with Crippen LogP contribution in [0.5, 0.6) is 0 Å². The number of rotatable bonds is 17. The fraction of sp³-hybridized carbons (Fsp3) is 0.260. The molecule has 0 aliphatic carbocycles. The molecule has 5 atom stereocenters. The molecule has 16 heteroatoms. The van der Waals surface area contributed by atoms with E-state index in [1.54, 1.807) is 17.3 Å². The SMILES string of the molecule is C[C@H](NC(=O)[C@H](Cc1c[nH]c2ccccc12)NC(=O)[C@H](C)NC(=O)[C@H](Cc1c[nH]c2ccccc12)NC(=O)[C@H](C)NC(=O)CCC(=O)N1Cc2ccccc2C#Cc2ccccc21)C(N)=O. The highest BCUT2D eigenvalue weighted by Crippen LogP contribution is 2.26. The predicted octanol–water partition coefficient (Wildman–Crippen LogP) is 3.13. The molecule has 1 aliphatic rings. The molecule has 3 heterocycles. The van der Waals surface area contributed by atoms with Crippen LogP contribution in [0.15, 0.2) is 109 Å². The van der Waals surface area contributed by atoms with E-state index in [0.29, 0.717) is 16.8 Å². The molecule has 9 N–H and O–H groups in total. The van der Waals surface area contributed by atoms with E-state index in [1.165, 1.54) is 20.8 Å². The van der Waals surface area contributed by atoms with Crippen LogP contribution in [-0.4, -0.2) is 81.5 Å². The predicted molar refractivity (Wildman–Crippen MR) is 249 cm³/mol. The number of benzene rings is 4. The summed E-state index contributed by atoms with van der Waals surface area (Å²) in [6.07, 6.45) is 3.14. The second kappa shape index (κ2) is 20.5. The van der Waals surface area contributed by atoms with Gasteiger partial charge in [0.05, 0.1) is 12.2 Å². The zero-order valence-corrected chi connectivity index (χ0v) is 36.7. The van der Waals surface area contributed by atoms with Gasteiger partial charge >= 0.3 is 0 Å². The minimum atomic E-state index is -1.23. The first-order valence-electron chi connectivity index (χ1n) is 21.6. The Hall–Kier alpha value is -8.19. The Morgan fingerprint density at radius 3 is 1.65 bits per heavy atom. The van der Waals surface area contributed by atoms with E-state index >= 15 is 0 Å². The van der Waals surface area contributed by atoms with Crippen molar-refractivity contribution in [2.75, 3.05) is 4.90 Å². The third kappa shape index (κ3) is 10.9. The number of anilines is 1. The number of aromatic nitrogens is 2. The fourth-order valence-corrected chi connectivity index (χ4v) is 7.76. The van der Waals surface area contributed by atoms with Gasteiger partial charge in [-0.25, -0.2) is 0 Å². The maximum Gasteiger partial charge on any atom is 0.243 e. The molecule has 0 saturated carbocycles. The van der Waals surface area contributed by atoms with Crippen molar-refractivity contribution in [2.45, 2.75) is 83.2 Å². The van der Waals surface area contributed by atoms with Gasteiger partial charge in [0.15, 0.2) is 0 Å². The minimum Gasteiger partial charge on any atom is -0.368 e. The highest BCUT2D eigenvalue weighted by atomic mass is 16.2. The van der Waals surface area contributed by atoms with Gasteiger partial charge in [0.25, 0.3) is 0 Å². The number of nitrogens with two attached hydrogens (primary N) is 1. The Labute approximate surface area is 380 Å². The van der Waals surface area contributed by atoms with Gasteiger partial charge in [0.1, 0.15) is 30.2 Å². The van der Waals surface area contributed by atoms with Gasteiger partial charge in [-0.15, -0.1) is 0 Å². The Balaban J connectivity index is 1.01. The fourth-order valence-electron chi connectivity index (χ4n) is 7.76. The summed E-state index contributed by atoms with van der Waals surface area (Å²) < 4.78 is 0. The van der Waals surface area contributed by atoms with Crippen LogP contribution in [0.2, 0.25) is 0 Å². The summed E-state index contributed by atoms with van der Waals surface area (Å²) in [5.74, 6) is 1.97. The summed E-state index contributed by atoms with van der Waals surface area (Å²) in [6, 6.07) is 24.0. The number of fused-ring (bicyclic) bond motifs is 4. The monoisotopic (exact) mass is 889 g/mol. The Kier molecular flexibility index (Phi) is 14.3. The standard InChI is InChI=1S/C50H51N9O7/c1-29(46(51)62)55-49(65)41(24-35-26-52-39-17-9-7-15-37(35)39)58-48(64)31(3)56-50(66)42(25-36-27-53-40-18-10-8-16-38(36)40)57-47(63)30(2)54-44(60)22-23-45(61)59-28-34-14-5-4-12-32(34)20-21-33-13-6-11-19-43(33)59/h4-19,26-27,29-31,41-42,52-53H,22-25,28H2,1-3H3,(H2,51,62)(H,54,60)(H,55,65)(H,56,66)(H,57,63)(H,58,64)/t29-,30-,31-,41-,42-/m0/s1. The van der Waals surface area contributed by atoms with Crippen molar-refractivity contribution in [3.63, 3.8) is 0 Å². The third-order valence-electron chi connectivity index (χ3n) is 11.5. The van der Waals surface area contributed by atoms with Crippen LogP contribution in [0.4, 0.5) is 5.69 Å². The first-order valence-corrected chi connectivity index (χ1v) is 21.6. The highest BCUT2D eigenvalue weighted by Gasteiger charge is 2.31. The summed E-state index contributed by atoms with van der Waals surface area (Å²) >= 11 is 0. The molecule has 338 valence electrons. The van der Waals surface area contributed by atoms with E-state index < -0.39 is 65.7 Å². The zero-order valence-electron chi connectivity index (χ0n) is 36.7. The largest absolute Gasteiger partial charge is 0.368 e. The number of hydrogen-bond acceptors (Lipinski definition) is 7. The molecule has 0 radical (unpaired) electrons. The number of H-pyrrole nitrogens is 2. The molecule has 0 spiro atoms. The second-order valence-corrected chi connectivity index (χ2v) is 16.3. The highest BCUT2D eigenvalue weighted by molar-refractivity contribution is 5.99. The number of para-hydroxylation sites is 3. The van der Waals surface area contributed by atoms with E-state index in [0.717, 1.165) is 38.5 Å². The maximum atomic E-state index is 14.1. The lowest BCUT2D eigenvalue weighted by Crippen LogP contribution is -2.58. The number of nitrogens with one attached hydrogen (secondary N) is 7. The summed E-state index contributed by atoms with van der Waals surface area (Å²) in [5.41, 5.74) is 11.5. The molecule has 7 amide bonds. The molecule has 0 fully saturated rings. The number of nitrogens with zero attached hydrogens (tertiary/aromatic N) is 1. The lowest BCUT2D eigenvalue weighted by Gasteiger charge is -2.26. The number of aromatic amines is 2. The normalized spacial score (nSPS) is 14.0. The van der Waals surface area contributed by atoms with Crippen molar-refractivity contribution in [3.8, 4) is 11.8 Å². The van der Waals surface area contributed by atoms with E-state index in [4.69, 9.17) is 5.73 Å². The Morgan fingerprint density at radius 2 is 1.06 bits per heavy atom. The van der Waals surface area contributed by atoms with Crippen molar-refractivity contribution in [1.82, 2.24) is 36.6 Å². The molecular weight excluding hydrogens is 839 g/mol. The van der Waals surface area contributed by atoms with Crippen LogP contribution in [0, 0.1) is 11.8 Å². The lowest BCUT2D eigenvalue weighted by molar-refractivity contribution is -0.134. The summed E-state index contributed by atoms with van der Waals surface area (Å²) in [6.45, 7) is 4.59. The number of amides is 7. The third-order valence-corrected chi connectivity index (χ3v) is 11.5. The van der Waals surface area contributed by atoms with Gasteiger partial charge in [0, 0.05) is 71.0 Å². The molecule has 2 aromatic heterocycles.